The van der Waals surface area contributed by atoms with E-state index in [4.69, 9.17) is 0 Å². The van der Waals surface area contributed by atoms with Crippen LogP contribution >= 0.6 is 11.3 Å². The second-order valence-corrected chi connectivity index (χ2v) is 24.6. The smallest absolute Gasteiger partial charge is 0.307 e. The van der Waals surface area contributed by atoms with E-state index in [0.717, 1.165) is 20.9 Å². The van der Waals surface area contributed by atoms with Crippen molar-refractivity contribution in [1.82, 2.24) is 21.3 Å². The van der Waals surface area contributed by atoms with Gasteiger partial charge in [-0.25, -0.2) is 0 Å². The molecule has 0 unspecified atom stereocenters. The van der Waals surface area contributed by atoms with E-state index in [-0.39, 0.29) is 62.9 Å². The predicted octanol–water partition coefficient (Wildman–Crippen LogP) is 7.81. The number of carbonyl (C=O) groups excluding carboxylic acids is 10. The zero-order valence-electron chi connectivity index (χ0n) is 51.1. The number of hydrogen-bond donors (Lipinski definition) is 8. The Labute approximate surface area is 510 Å². The predicted molar refractivity (Wildman–Crippen MR) is 322 cm³/mol. The minimum atomic E-state index is -1.29. The molecule has 8 atom stereocenters. The van der Waals surface area contributed by atoms with Crippen molar-refractivity contribution in [2.45, 2.75) is 170 Å². The summed E-state index contributed by atoms with van der Waals surface area (Å²) in [6.07, 6.45) is -3.80. The summed E-state index contributed by atoms with van der Waals surface area (Å²) < 4.78 is 0. The van der Waals surface area contributed by atoms with Gasteiger partial charge in [0.1, 0.15) is 0 Å². The lowest BCUT2D eigenvalue weighted by Gasteiger charge is -2.26. The monoisotopic (exact) mass is 1230 g/mol. The van der Waals surface area contributed by atoms with Crippen LogP contribution in [0.4, 0.5) is 0 Å². The normalized spacial score (nSPS) is 14.1. The zero-order chi connectivity index (χ0) is 65.6. The highest BCUT2D eigenvalue weighted by molar-refractivity contribution is 7.18. The second kappa shape index (κ2) is 34.9. The molecule has 0 saturated carbocycles. The van der Waals surface area contributed by atoms with Crippen LogP contribution in [0.15, 0.2) is 60.7 Å². The van der Waals surface area contributed by atoms with Gasteiger partial charge in [-0.15, -0.1) is 11.3 Å². The summed E-state index contributed by atoms with van der Waals surface area (Å²) in [7, 11) is 0. The number of rotatable bonds is 40. The first-order chi connectivity index (χ1) is 40.7. The maximum atomic E-state index is 13.5. The van der Waals surface area contributed by atoms with Crippen molar-refractivity contribution >= 4 is 93.5 Å². The Kier molecular flexibility index (Phi) is 29.4. The van der Waals surface area contributed by atoms with Crippen molar-refractivity contribution in [1.29, 1.82) is 0 Å². The van der Waals surface area contributed by atoms with Crippen LogP contribution in [0, 0.1) is 47.3 Å². The van der Waals surface area contributed by atoms with E-state index in [1.54, 1.807) is 104 Å². The molecule has 3 aromatic rings. The van der Waals surface area contributed by atoms with E-state index in [2.05, 4.69) is 21.3 Å². The molecular weight excluding hydrogens is 1140 g/mol. The van der Waals surface area contributed by atoms with E-state index >= 15 is 0 Å². The number of nitrogens with one attached hydrogen (secondary N) is 4. The molecule has 0 aliphatic carbocycles. The van der Waals surface area contributed by atoms with E-state index in [1.807, 2.05) is 12.1 Å². The Bertz CT molecular complexity index is 2790. The highest BCUT2D eigenvalue weighted by Gasteiger charge is 2.36. The van der Waals surface area contributed by atoms with Gasteiger partial charge >= 0.3 is 23.9 Å². The second-order valence-electron chi connectivity index (χ2n) is 23.5. The van der Waals surface area contributed by atoms with Crippen LogP contribution in [-0.2, 0) is 57.5 Å². The standard InChI is InChI=1S/C64H84N4O18S/c1-33(2)43(61(81)67-47(19-27-59(77)78)53(73)31-45(35(5)6)63(83)84)29-51(71)37(9)65-57(75)25-21-49(69)39-11-15-41(16-12-39)55-23-24-56(87-55)42-17-13-40(14-18-42)50(70)22-26-58(76)66-38(10)52(72)30-44(34(3)4)62(82)68-48(20-28-60(79)80)54(74)32-46(36(7)8)64(85)86/h11-18,23-24,33-38,43-48H,19-22,25-32H2,1-10H3,(H,65,75)(H,66,76)(H,67,81)(H,68,82)(H,77,78)(H,79,80)(H,83,84)(H,85,86)/t37-,38-,43-,44-,45-,46-,47-,48-/m0/s1. The quantitative estimate of drug-likeness (QED) is 0.0252. The summed E-state index contributed by atoms with van der Waals surface area (Å²) >= 11 is 1.47. The lowest BCUT2D eigenvalue weighted by Crippen LogP contribution is -2.47. The third-order valence-electron chi connectivity index (χ3n) is 15.4. The van der Waals surface area contributed by atoms with Crippen LogP contribution in [0.1, 0.15) is 167 Å². The molecule has 0 aliphatic heterocycles. The maximum absolute atomic E-state index is 13.5. The molecule has 1 aromatic heterocycles. The Morgan fingerprint density at radius 2 is 0.667 bits per heavy atom. The van der Waals surface area contributed by atoms with Crippen molar-refractivity contribution in [3.63, 3.8) is 0 Å². The summed E-state index contributed by atoms with van der Waals surface area (Å²) in [5, 5.41) is 48.0. The van der Waals surface area contributed by atoms with Gasteiger partial charge in [-0.05, 0) is 73.6 Å². The minimum absolute atomic E-state index is 0.166. The fourth-order valence-corrected chi connectivity index (χ4v) is 10.5. The van der Waals surface area contributed by atoms with Gasteiger partial charge in [-0.1, -0.05) is 104 Å². The van der Waals surface area contributed by atoms with E-state index < -0.39 is 168 Å². The molecule has 0 bridgehead atoms. The molecule has 1 heterocycles. The lowest BCUT2D eigenvalue weighted by atomic mass is 9.86. The number of hydrogen-bond acceptors (Lipinski definition) is 15. The number of Topliss-reactive ketones (excluding diaryl/α,β-unsaturated/α-hetero) is 6. The van der Waals surface area contributed by atoms with Gasteiger partial charge in [0.15, 0.2) is 34.7 Å². The topological polar surface area (TPSA) is 368 Å². The molecule has 22 nitrogen and oxygen atoms in total. The molecule has 4 amide bonds. The first-order valence-electron chi connectivity index (χ1n) is 29.3. The number of ketones is 6. The Morgan fingerprint density at radius 3 is 0.943 bits per heavy atom. The summed E-state index contributed by atoms with van der Waals surface area (Å²) in [5.74, 6) is -16.0. The first-order valence-corrected chi connectivity index (χ1v) is 30.1. The number of benzene rings is 2. The Balaban J connectivity index is 1.52. The summed E-state index contributed by atoms with van der Waals surface area (Å²) in [6.45, 7) is 16.2. The largest absolute Gasteiger partial charge is 0.481 e. The van der Waals surface area contributed by atoms with Crippen LogP contribution in [0.25, 0.3) is 20.9 Å². The SMILES string of the molecule is CC(C)[C@H](CC(=O)[C@H](CCC(=O)O)NC(=O)[C@@H](CC(=O)[C@H](C)NC(=O)CCC(=O)c1ccc(-c2ccc(-c3ccc(C(=O)CCC(=O)N[C@@H](C)C(=O)C[C@H](C(=O)N[C@@H](CCC(=O)O)C(=O)C[C@H](C(=O)O)C(C)C)C(C)C)cc3)s2)cc1)C(C)C)C(=O)O. The van der Waals surface area contributed by atoms with Crippen LogP contribution in [0.2, 0.25) is 0 Å². The molecule has 0 saturated heterocycles. The van der Waals surface area contributed by atoms with Gasteiger partial charge in [0, 0.05) is 96.9 Å². The molecule has 2 aromatic carbocycles. The molecule has 474 valence electrons. The summed E-state index contributed by atoms with van der Waals surface area (Å²) in [6, 6.07) is 12.8. The van der Waals surface area contributed by atoms with Crippen molar-refractivity contribution in [3.05, 3.63) is 71.8 Å². The fraction of sp³-hybridized carbons (Fsp3) is 0.531. The van der Waals surface area contributed by atoms with E-state index in [9.17, 15) is 87.5 Å². The van der Waals surface area contributed by atoms with Gasteiger partial charge in [-0.3, -0.25) is 67.1 Å². The van der Waals surface area contributed by atoms with Crippen LogP contribution < -0.4 is 21.3 Å². The van der Waals surface area contributed by atoms with Gasteiger partial charge in [-0.2, -0.15) is 0 Å². The molecule has 3 rings (SSSR count). The first kappa shape index (κ1) is 73.2. The molecule has 0 aliphatic rings. The average molecular weight is 1230 g/mol. The van der Waals surface area contributed by atoms with E-state index in [0.29, 0.717) is 11.1 Å². The lowest BCUT2D eigenvalue weighted by molar-refractivity contribution is -0.146. The molecule has 8 N–H and O–H groups in total. The number of carboxylic acid groups (broad SMARTS) is 4. The van der Waals surface area contributed by atoms with Crippen molar-refractivity contribution in [2.75, 3.05) is 0 Å². The Morgan fingerprint density at radius 1 is 0.368 bits per heavy atom. The van der Waals surface area contributed by atoms with Crippen molar-refractivity contribution in [3.8, 4) is 20.9 Å². The molecule has 0 spiro atoms. The van der Waals surface area contributed by atoms with Crippen molar-refractivity contribution < 1.29 is 87.5 Å². The number of thiophene rings is 1. The van der Waals surface area contributed by atoms with Gasteiger partial charge < -0.3 is 41.7 Å². The molecule has 0 radical (unpaired) electrons. The average Bonchev–Trinajstić information content (AvgIpc) is 3.94. The maximum Gasteiger partial charge on any atom is 0.307 e. The van der Waals surface area contributed by atoms with Crippen LogP contribution in [0.3, 0.4) is 0 Å². The summed E-state index contributed by atoms with van der Waals surface area (Å²) in [4.78, 5) is 180. The van der Waals surface area contributed by atoms with Gasteiger partial charge in [0.2, 0.25) is 23.6 Å². The third-order valence-corrected chi connectivity index (χ3v) is 16.6. The highest BCUT2D eigenvalue weighted by Crippen LogP contribution is 2.35. The molecule has 23 heteroatoms. The van der Waals surface area contributed by atoms with Crippen LogP contribution in [-0.4, -0.2) is 127 Å². The van der Waals surface area contributed by atoms with E-state index in [1.165, 1.54) is 25.2 Å². The van der Waals surface area contributed by atoms with Crippen LogP contribution in [0.5, 0.6) is 0 Å². The summed E-state index contributed by atoms with van der Waals surface area (Å²) in [5.41, 5.74) is 2.34. The number of aliphatic carboxylic acids is 4. The van der Waals surface area contributed by atoms with Gasteiger partial charge in [0.25, 0.3) is 0 Å². The molecule has 87 heavy (non-hydrogen) atoms. The molecular formula is C64H84N4O18S. The number of carbonyl (C=O) groups is 14. The third kappa shape index (κ3) is 24.0. The van der Waals surface area contributed by atoms with Gasteiger partial charge in [0.05, 0.1) is 36.0 Å². The zero-order valence-corrected chi connectivity index (χ0v) is 51.9. The minimum Gasteiger partial charge on any atom is -0.481 e. The number of amides is 4. The fourth-order valence-electron chi connectivity index (χ4n) is 9.52. The highest BCUT2D eigenvalue weighted by atomic mass is 32.1. The molecule has 0 fully saturated rings. The Hall–Kier alpha value is -8.08. The number of carboxylic acids is 4. The van der Waals surface area contributed by atoms with Crippen molar-refractivity contribution in [2.24, 2.45) is 47.3 Å².